The molecule has 1 unspecified atom stereocenters. The van der Waals surface area contributed by atoms with Gasteiger partial charge >= 0.3 is 0 Å². The van der Waals surface area contributed by atoms with Crippen molar-refractivity contribution in [2.45, 2.75) is 25.8 Å². The minimum Gasteiger partial charge on any atom is -0.355 e. The second-order valence-corrected chi connectivity index (χ2v) is 6.88. The van der Waals surface area contributed by atoms with E-state index >= 15 is 0 Å². The average molecular weight is 506 g/mol. The predicted molar refractivity (Wildman–Crippen MR) is 126 cm³/mol. The number of aryl methyl sites for hydroxylation is 1. The average Bonchev–Trinajstić information content (AvgIpc) is 2.97. The van der Waals surface area contributed by atoms with Gasteiger partial charge in [-0.15, -0.1) is 24.0 Å². The fraction of sp³-hybridized carbons (Fsp3) is 0.318. The molecule has 0 fully saturated rings. The number of hydrogen-bond donors (Lipinski definition) is 2. The lowest BCUT2D eigenvalue weighted by Crippen LogP contribution is -2.45. The molecule has 1 aliphatic rings. The van der Waals surface area contributed by atoms with Crippen LogP contribution in [0.4, 0.5) is 0 Å². The number of nitrogens with zero attached hydrogens (tertiary/aromatic N) is 2. The Morgan fingerprint density at radius 2 is 1.59 bits per heavy atom. The van der Waals surface area contributed by atoms with Gasteiger partial charge in [0.1, 0.15) is 0 Å². The first-order valence-electron chi connectivity index (χ1n) is 9.56. The van der Waals surface area contributed by atoms with Gasteiger partial charge in [0.15, 0.2) is 5.96 Å². The SMILES string of the molecule is CN=C(NCCN1C(=O)c2ccccc2C1=O)NC(C)CCc1ccccc1.I. The molecule has 0 saturated carbocycles. The van der Waals surface area contributed by atoms with E-state index in [2.05, 4.69) is 34.7 Å². The summed E-state index contributed by atoms with van der Waals surface area (Å²) in [6.07, 6.45) is 1.96. The van der Waals surface area contributed by atoms with Crippen molar-refractivity contribution in [3.05, 3.63) is 71.3 Å². The smallest absolute Gasteiger partial charge is 0.261 e. The van der Waals surface area contributed by atoms with Crippen LogP contribution < -0.4 is 10.6 Å². The summed E-state index contributed by atoms with van der Waals surface area (Å²) < 4.78 is 0. The highest BCUT2D eigenvalue weighted by Gasteiger charge is 2.34. The number of rotatable bonds is 7. The summed E-state index contributed by atoms with van der Waals surface area (Å²) in [5.41, 5.74) is 2.26. The van der Waals surface area contributed by atoms with Gasteiger partial charge in [-0.2, -0.15) is 0 Å². The summed E-state index contributed by atoms with van der Waals surface area (Å²) in [4.78, 5) is 30.3. The Morgan fingerprint density at radius 1 is 1.00 bits per heavy atom. The molecule has 1 aliphatic heterocycles. The van der Waals surface area contributed by atoms with E-state index in [1.807, 2.05) is 18.2 Å². The van der Waals surface area contributed by atoms with Crippen LogP contribution in [-0.2, 0) is 6.42 Å². The Labute approximate surface area is 188 Å². The first-order chi connectivity index (χ1) is 13.6. The van der Waals surface area contributed by atoms with E-state index in [-0.39, 0.29) is 41.8 Å². The molecular formula is C22H27IN4O2. The third-order valence-electron chi connectivity index (χ3n) is 4.82. The molecule has 1 heterocycles. The van der Waals surface area contributed by atoms with Crippen molar-refractivity contribution < 1.29 is 9.59 Å². The monoisotopic (exact) mass is 506 g/mol. The van der Waals surface area contributed by atoms with Gasteiger partial charge in [0.2, 0.25) is 0 Å². The van der Waals surface area contributed by atoms with E-state index in [4.69, 9.17) is 0 Å². The van der Waals surface area contributed by atoms with Gasteiger partial charge in [-0.1, -0.05) is 42.5 Å². The fourth-order valence-electron chi connectivity index (χ4n) is 3.26. The number of hydrogen-bond acceptors (Lipinski definition) is 3. The van der Waals surface area contributed by atoms with Gasteiger partial charge in [0.25, 0.3) is 11.8 Å². The molecule has 2 aromatic rings. The lowest BCUT2D eigenvalue weighted by atomic mass is 10.1. The Hall–Kier alpha value is -2.42. The number of halogens is 1. The largest absolute Gasteiger partial charge is 0.355 e. The summed E-state index contributed by atoms with van der Waals surface area (Å²) in [5, 5.41) is 6.54. The minimum atomic E-state index is -0.235. The molecule has 29 heavy (non-hydrogen) atoms. The van der Waals surface area contributed by atoms with E-state index in [9.17, 15) is 9.59 Å². The van der Waals surface area contributed by atoms with E-state index in [0.717, 1.165) is 12.8 Å². The number of amides is 2. The van der Waals surface area contributed by atoms with E-state index in [1.165, 1.54) is 10.5 Å². The van der Waals surface area contributed by atoms with E-state index < -0.39 is 0 Å². The number of nitrogens with one attached hydrogen (secondary N) is 2. The van der Waals surface area contributed by atoms with E-state index in [1.54, 1.807) is 31.3 Å². The number of aliphatic imine (C=N–C) groups is 1. The van der Waals surface area contributed by atoms with Crippen molar-refractivity contribution in [3.63, 3.8) is 0 Å². The summed E-state index contributed by atoms with van der Waals surface area (Å²) >= 11 is 0. The van der Waals surface area contributed by atoms with Crippen molar-refractivity contribution >= 4 is 41.8 Å². The number of fused-ring (bicyclic) bond motifs is 1. The highest BCUT2D eigenvalue weighted by molar-refractivity contribution is 14.0. The van der Waals surface area contributed by atoms with Gasteiger partial charge in [0.05, 0.1) is 11.1 Å². The molecule has 0 spiro atoms. The van der Waals surface area contributed by atoms with Gasteiger partial charge in [-0.25, -0.2) is 0 Å². The molecule has 0 bridgehead atoms. The molecule has 3 rings (SSSR count). The quantitative estimate of drug-likeness (QED) is 0.262. The van der Waals surface area contributed by atoms with Crippen LogP contribution in [-0.4, -0.2) is 48.9 Å². The maximum atomic E-state index is 12.4. The number of guanidine groups is 1. The topological polar surface area (TPSA) is 73.8 Å². The zero-order chi connectivity index (χ0) is 19.9. The molecule has 2 N–H and O–H groups in total. The van der Waals surface area contributed by atoms with Crippen LogP contribution in [0.15, 0.2) is 59.6 Å². The molecular weight excluding hydrogens is 479 g/mol. The maximum absolute atomic E-state index is 12.4. The van der Waals surface area contributed by atoms with Gasteiger partial charge in [-0.3, -0.25) is 19.5 Å². The van der Waals surface area contributed by atoms with E-state index in [0.29, 0.717) is 30.2 Å². The molecule has 0 saturated heterocycles. The molecule has 0 aliphatic carbocycles. The number of carbonyl (C=O) groups is 2. The number of benzene rings is 2. The fourth-order valence-corrected chi connectivity index (χ4v) is 3.26. The summed E-state index contributed by atoms with van der Waals surface area (Å²) in [6, 6.07) is 17.5. The molecule has 6 nitrogen and oxygen atoms in total. The lowest BCUT2D eigenvalue weighted by molar-refractivity contribution is 0.0657. The van der Waals surface area contributed by atoms with Crippen molar-refractivity contribution in [2.24, 2.45) is 4.99 Å². The normalized spacial score (nSPS) is 14.3. The Kier molecular flexibility index (Phi) is 8.63. The van der Waals surface area contributed by atoms with Crippen molar-refractivity contribution in [3.8, 4) is 0 Å². The Bertz CT molecular complexity index is 835. The number of imide groups is 1. The van der Waals surface area contributed by atoms with Crippen LogP contribution in [0.25, 0.3) is 0 Å². The molecule has 154 valence electrons. The second kappa shape index (κ2) is 10.9. The van der Waals surface area contributed by atoms with Crippen molar-refractivity contribution in [1.82, 2.24) is 15.5 Å². The third kappa shape index (κ3) is 5.79. The maximum Gasteiger partial charge on any atom is 0.261 e. The van der Waals surface area contributed by atoms with Crippen LogP contribution in [0.2, 0.25) is 0 Å². The van der Waals surface area contributed by atoms with Crippen LogP contribution in [0.3, 0.4) is 0 Å². The van der Waals surface area contributed by atoms with Crippen LogP contribution in [0.1, 0.15) is 39.6 Å². The summed E-state index contributed by atoms with van der Waals surface area (Å²) in [6.45, 7) is 2.85. The molecule has 2 amide bonds. The molecule has 1 atom stereocenters. The summed E-state index contributed by atoms with van der Waals surface area (Å²) in [7, 11) is 1.71. The lowest BCUT2D eigenvalue weighted by Gasteiger charge is -2.19. The zero-order valence-electron chi connectivity index (χ0n) is 16.7. The molecule has 2 aromatic carbocycles. The molecule has 0 radical (unpaired) electrons. The van der Waals surface area contributed by atoms with Gasteiger partial charge < -0.3 is 10.6 Å². The Morgan fingerprint density at radius 3 is 2.17 bits per heavy atom. The third-order valence-corrected chi connectivity index (χ3v) is 4.82. The minimum absolute atomic E-state index is 0. The first-order valence-corrected chi connectivity index (χ1v) is 9.56. The second-order valence-electron chi connectivity index (χ2n) is 6.88. The highest BCUT2D eigenvalue weighted by atomic mass is 127. The highest BCUT2D eigenvalue weighted by Crippen LogP contribution is 2.21. The molecule has 0 aromatic heterocycles. The van der Waals surface area contributed by atoms with Crippen LogP contribution >= 0.6 is 24.0 Å². The number of carbonyl (C=O) groups excluding carboxylic acids is 2. The van der Waals surface area contributed by atoms with Crippen LogP contribution in [0.5, 0.6) is 0 Å². The van der Waals surface area contributed by atoms with Crippen molar-refractivity contribution in [2.75, 3.05) is 20.1 Å². The predicted octanol–water partition coefficient (Wildman–Crippen LogP) is 3.09. The van der Waals surface area contributed by atoms with Gasteiger partial charge in [-0.05, 0) is 37.5 Å². The Balaban J connectivity index is 0.00000300. The van der Waals surface area contributed by atoms with Crippen LogP contribution in [0, 0.1) is 0 Å². The summed E-state index contributed by atoms with van der Waals surface area (Å²) in [5.74, 6) is 0.195. The first kappa shape index (κ1) is 22.9. The molecule has 7 heteroatoms. The van der Waals surface area contributed by atoms with Gasteiger partial charge in [0, 0.05) is 26.2 Å². The zero-order valence-corrected chi connectivity index (χ0v) is 19.1. The van der Waals surface area contributed by atoms with Crippen molar-refractivity contribution in [1.29, 1.82) is 0 Å². The standard InChI is InChI=1S/C22H26N4O2.HI/c1-16(12-13-17-8-4-3-5-9-17)25-22(23-2)24-14-15-26-20(27)18-10-6-7-11-19(18)21(26)28;/h3-11,16H,12-15H2,1-2H3,(H2,23,24,25);1H.